The van der Waals surface area contributed by atoms with E-state index in [1.54, 1.807) is 14.2 Å². The lowest BCUT2D eigenvalue weighted by molar-refractivity contribution is 0.0730. The van der Waals surface area contributed by atoms with Crippen LogP contribution in [-0.4, -0.2) is 35.2 Å². The van der Waals surface area contributed by atoms with E-state index in [0.717, 1.165) is 27.9 Å². The van der Waals surface area contributed by atoms with E-state index < -0.39 is 0 Å². The van der Waals surface area contributed by atoms with E-state index in [4.69, 9.17) is 21.1 Å². The molecule has 0 bridgehead atoms. The summed E-state index contributed by atoms with van der Waals surface area (Å²) in [5.74, 6) is 1.14. The summed E-state index contributed by atoms with van der Waals surface area (Å²) in [5.41, 5.74) is 6.09. The predicted octanol–water partition coefficient (Wildman–Crippen LogP) is 5.80. The molecule has 2 heterocycles. The largest absolute Gasteiger partial charge is 0.493 e. The van der Waals surface area contributed by atoms with Crippen LogP contribution in [0.15, 0.2) is 66.7 Å². The molecule has 7 heteroatoms. The minimum atomic E-state index is -0.354. The van der Waals surface area contributed by atoms with Crippen molar-refractivity contribution < 1.29 is 14.3 Å². The van der Waals surface area contributed by atoms with E-state index >= 15 is 0 Å². The number of H-pyrrole nitrogens is 1. The predicted molar refractivity (Wildman–Crippen MR) is 131 cm³/mol. The Balaban J connectivity index is 1.65. The number of hydrogen-bond donors (Lipinski definition) is 1. The number of halogens is 1. The highest BCUT2D eigenvalue weighted by Gasteiger charge is 2.42. The maximum Gasteiger partial charge on any atom is 0.273 e. The van der Waals surface area contributed by atoms with Crippen LogP contribution in [0.5, 0.6) is 11.5 Å². The fourth-order valence-corrected chi connectivity index (χ4v) is 4.57. The van der Waals surface area contributed by atoms with Gasteiger partial charge in [-0.05, 0) is 42.3 Å². The Morgan fingerprint density at radius 1 is 0.971 bits per heavy atom. The average Bonchev–Trinajstić information content (AvgIpc) is 3.39. The van der Waals surface area contributed by atoms with Gasteiger partial charge in [0.15, 0.2) is 11.5 Å². The molecule has 0 radical (unpaired) electrons. The zero-order chi connectivity index (χ0) is 23.8. The number of aromatic amines is 1. The number of aromatic nitrogens is 2. The van der Waals surface area contributed by atoms with Gasteiger partial charge in [0.05, 0.1) is 26.0 Å². The van der Waals surface area contributed by atoms with Gasteiger partial charge in [0.25, 0.3) is 5.91 Å². The third-order valence-corrected chi connectivity index (χ3v) is 6.43. The normalized spacial score (nSPS) is 14.9. The van der Waals surface area contributed by atoms with Crippen LogP contribution in [-0.2, 0) is 6.54 Å². The van der Waals surface area contributed by atoms with Crippen LogP contribution in [0.3, 0.4) is 0 Å². The third-order valence-electron chi connectivity index (χ3n) is 6.18. The highest BCUT2D eigenvalue weighted by molar-refractivity contribution is 6.30. The number of nitrogens with zero attached hydrogens (tertiary/aromatic N) is 2. The molecule has 1 amide bonds. The SMILES string of the molecule is COc1ccc(C2c3c(-c4ccc(Cl)cc4)n[nH]c3C(=O)N2Cc2ccc(C)cc2)cc1OC. The first-order valence-electron chi connectivity index (χ1n) is 10.9. The number of hydrogen-bond acceptors (Lipinski definition) is 4. The second kappa shape index (κ2) is 8.88. The number of nitrogens with one attached hydrogen (secondary N) is 1. The molecule has 0 saturated carbocycles. The summed E-state index contributed by atoms with van der Waals surface area (Å²) in [4.78, 5) is 15.5. The van der Waals surface area contributed by atoms with Gasteiger partial charge in [-0.3, -0.25) is 9.89 Å². The standard InChI is InChI=1S/C27H24ClN3O3/c1-16-4-6-17(7-5-16)15-31-26(19-10-13-21(33-2)22(14-19)34-3)23-24(29-30-25(23)27(31)32)18-8-11-20(28)12-9-18/h4-14,26H,15H2,1-3H3,(H,29,30). The molecule has 0 aliphatic carbocycles. The summed E-state index contributed by atoms with van der Waals surface area (Å²) in [5, 5.41) is 8.16. The van der Waals surface area contributed by atoms with Crippen molar-refractivity contribution in [1.29, 1.82) is 0 Å². The molecule has 1 aliphatic rings. The quantitative estimate of drug-likeness (QED) is 0.384. The number of benzene rings is 3. The molecule has 6 nitrogen and oxygen atoms in total. The van der Waals surface area contributed by atoms with Crippen molar-refractivity contribution >= 4 is 17.5 Å². The van der Waals surface area contributed by atoms with Crippen molar-refractivity contribution in [2.75, 3.05) is 14.2 Å². The zero-order valence-corrected chi connectivity index (χ0v) is 19.9. The van der Waals surface area contributed by atoms with Crippen molar-refractivity contribution in [2.45, 2.75) is 19.5 Å². The Hall–Kier alpha value is -3.77. The van der Waals surface area contributed by atoms with E-state index in [2.05, 4.69) is 34.5 Å². The fourth-order valence-electron chi connectivity index (χ4n) is 4.45. The van der Waals surface area contributed by atoms with Crippen LogP contribution in [0.2, 0.25) is 5.02 Å². The summed E-state index contributed by atoms with van der Waals surface area (Å²) in [6.07, 6.45) is 0. The Labute approximate surface area is 203 Å². The van der Waals surface area contributed by atoms with Crippen LogP contribution in [0.1, 0.15) is 38.8 Å². The number of aryl methyl sites for hydroxylation is 1. The lowest BCUT2D eigenvalue weighted by atomic mass is 9.95. The fraction of sp³-hybridized carbons (Fsp3) is 0.185. The van der Waals surface area contributed by atoms with E-state index in [9.17, 15) is 4.79 Å². The topological polar surface area (TPSA) is 67.5 Å². The van der Waals surface area contributed by atoms with Crippen LogP contribution in [0, 0.1) is 6.92 Å². The third kappa shape index (κ3) is 3.80. The van der Waals surface area contributed by atoms with Gasteiger partial charge in [-0.2, -0.15) is 5.10 Å². The van der Waals surface area contributed by atoms with Gasteiger partial charge in [0.2, 0.25) is 0 Å². The Morgan fingerprint density at radius 2 is 1.68 bits per heavy atom. The molecule has 3 aromatic carbocycles. The highest BCUT2D eigenvalue weighted by Crippen LogP contribution is 2.45. The van der Waals surface area contributed by atoms with E-state index in [1.807, 2.05) is 54.3 Å². The Kier molecular flexibility index (Phi) is 5.75. The second-order valence-electron chi connectivity index (χ2n) is 8.30. The first-order chi connectivity index (χ1) is 16.5. The molecule has 172 valence electrons. The Bertz CT molecular complexity index is 1350. The maximum atomic E-state index is 13.6. The molecule has 4 aromatic rings. The van der Waals surface area contributed by atoms with Crippen LogP contribution >= 0.6 is 11.6 Å². The van der Waals surface area contributed by atoms with Crippen LogP contribution < -0.4 is 9.47 Å². The number of rotatable bonds is 6. The van der Waals surface area contributed by atoms with Gasteiger partial charge in [0, 0.05) is 22.7 Å². The molecule has 1 aliphatic heterocycles. The molecule has 34 heavy (non-hydrogen) atoms. The number of amides is 1. The van der Waals surface area contributed by atoms with Gasteiger partial charge in [-0.15, -0.1) is 0 Å². The second-order valence-corrected chi connectivity index (χ2v) is 8.74. The van der Waals surface area contributed by atoms with Crippen LogP contribution in [0.25, 0.3) is 11.3 Å². The highest BCUT2D eigenvalue weighted by atomic mass is 35.5. The summed E-state index contributed by atoms with van der Waals surface area (Å²) >= 11 is 6.11. The molecule has 1 aromatic heterocycles. The minimum Gasteiger partial charge on any atom is -0.493 e. The Morgan fingerprint density at radius 3 is 2.35 bits per heavy atom. The number of fused-ring (bicyclic) bond motifs is 1. The van der Waals surface area contributed by atoms with Gasteiger partial charge in [0.1, 0.15) is 5.69 Å². The average molecular weight is 474 g/mol. The van der Waals surface area contributed by atoms with E-state index in [1.165, 1.54) is 5.56 Å². The number of methoxy groups -OCH3 is 2. The molecule has 5 rings (SSSR count). The van der Waals surface area contributed by atoms with Gasteiger partial charge >= 0.3 is 0 Å². The van der Waals surface area contributed by atoms with Crippen LogP contribution in [0.4, 0.5) is 0 Å². The molecule has 0 fully saturated rings. The molecular weight excluding hydrogens is 450 g/mol. The van der Waals surface area contributed by atoms with Gasteiger partial charge in [-0.25, -0.2) is 0 Å². The van der Waals surface area contributed by atoms with Crippen molar-refractivity contribution in [3.8, 4) is 22.8 Å². The molecule has 0 spiro atoms. The number of carbonyl (C=O) groups excluding carboxylic acids is 1. The smallest absolute Gasteiger partial charge is 0.273 e. The molecule has 0 saturated heterocycles. The summed E-state index contributed by atoms with van der Waals surface area (Å²) < 4.78 is 11.0. The zero-order valence-electron chi connectivity index (χ0n) is 19.1. The van der Waals surface area contributed by atoms with Gasteiger partial charge < -0.3 is 14.4 Å². The molecule has 1 atom stereocenters. The first-order valence-corrected chi connectivity index (χ1v) is 11.3. The lowest BCUT2D eigenvalue weighted by Gasteiger charge is -2.27. The first kappa shape index (κ1) is 22.0. The number of carbonyl (C=O) groups is 1. The molecule has 1 unspecified atom stereocenters. The van der Waals surface area contributed by atoms with Crippen molar-refractivity contribution in [3.05, 3.63) is 99.7 Å². The summed E-state index contributed by atoms with van der Waals surface area (Å²) in [6, 6.07) is 21.1. The molecular formula is C27H24ClN3O3. The monoisotopic (exact) mass is 473 g/mol. The summed E-state index contributed by atoms with van der Waals surface area (Å²) in [6.45, 7) is 2.51. The maximum absolute atomic E-state index is 13.6. The molecule has 1 N–H and O–H groups in total. The summed E-state index contributed by atoms with van der Waals surface area (Å²) in [7, 11) is 3.21. The van der Waals surface area contributed by atoms with Crippen molar-refractivity contribution in [3.63, 3.8) is 0 Å². The van der Waals surface area contributed by atoms with Crippen molar-refractivity contribution in [1.82, 2.24) is 15.1 Å². The van der Waals surface area contributed by atoms with E-state index in [-0.39, 0.29) is 11.9 Å². The van der Waals surface area contributed by atoms with E-state index in [0.29, 0.717) is 28.8 Å². The lowest BCUT2D eigenvalue weighted by Crippen LogP contribution is -2.29. The number of ether oxygens (including phenoxy) is 2. The van der Waals surface area contributed by atoms with Gasteiger partial charge in [-0.1, -0.05) is 59.6 Å². The van der Waals surface area contributed by atoms with Crippen molar-refractivity contribution in [2.24, 2.45) is 0 Å². The minimum absolute atomic E-state index is 0.0944.